The van der Waals surface area contributed by atoms with Crippen LogP contribution in [0.5, 0.6) is 0 Å². The maximum Gasteiger partial charge on any atom is 0.242 e. The van der Waals surface area contributed by atoms with Gasteiger partial charge in [-0.2, -0.15) is 0 Å². The maximum atomic E-state index is 12.3. The molecule has 1 saturated heterocycles. The summed E-state index contributed by atoms with van der Waals surface area (Å²) in [5.74, 6) is 0.296. The normalized spacial score (nSPS) is 18.2. The third kappa shape index (κ3) is 4.74. The molecule has 1 fully saturated rings. The summed E-state index contributed by atoms with van der Waals surface area (Å²) in [5.41, 5.74) is 5.56. The van der Waals surface area contributed by atoms with Gasteiger partial charge in [0.15, 0.2) is 0 Å². The number of thiophene rings is 1. The molecule has 21 heavy (non-hydrogen) atoms. The van der Waals surface area contributed by atoms with Gasteiger partial charge in [-0.25, -0.2) is 13.1 Å². The highest BCUT2D eigenvalue weighted by atomic mass is 79.9. The minimum Gasteiger partial charge on any atom is -0.326 e. The summed E-state index contributed by atoms with van der Waals surface area (Å²) in [6, 6.07) is 1.64. The third-order valence-corrected chi connectivity index (χ3v) is 7.29. The van der Waals surface area contributed by atoms with Gasteiger partial charge in [-0.05, 0) is 53.8 Å². The summed E-state index contributed by atoms with van der Waals surface area (Å²) < 4.78 is 28.0. The first-order valence-corrected chi connectivity index (χ1v) is 10.2. The van der Waals surface area contributed by atoms with Gasteiger partial charge in [0.05, 0.1) is 3.79 Å². The number of nitrogens with zero attached hydrogens (tertiary/aromatic N) is 1. The van der Waals surface area contributed by atoms with Gasteiger partial charge in [0, 0.05) is 24.5 Å². The third-order valence-electron chi connectivity index (χ3n) is 3.59. The monoisotopic (exact) mass is 395 g/mol. The van der Waals surface area contributed by atoms with Crippen LogP contribution < -0.4 is 10.5 Å². The minimum atomic E-state index is -3.47. The van der Waals surface area contributed by atoms with E-state index in [2.05, 4.69) is 32.5 Å². The van der Waals surface area contributed by atoms with E-state index in [0.717, 1.165) is 24.5 Å². The van der Waals surface area contributed by atoms with Crippen LogP contribution in [0.15, 0.2) is 14.7 Å². The fraction of sp³-hybridized carbons (Fsp3) is 0.692. The smallest absolute Gasteiger partial charge is 0.242 e. The molecule has 0 spiro atoms. The summed E-state index contributed by atoms with van der Waals surface area (Å²) in [6.45, 7) is 6.10. The fourth-order valence-corrected chi connectivity index (χ4v) is 6.21. The van der Waals surface area contributed by atoms with Crippen molar-refractivity contribution in [1.82, 2.24) is 9.62 Å². The average molecular weight is 396 g/mol. The molecule has 2 heterocycles. The Morgan fingerprint density at radius 2 is 2.14 bits per heavy atom. The molecule has 1 aromatic heterocycles. The average Bonchev–Trinajstić information content (AvgIpc) is 3.06. The zero-order valence-electron chi connectivity index (χ0n) is 12.1. The van der Waals surface area contributed by atoms with Crippen LogP contribution in [-0.2, 0) is 16.6 Å². The first kappa shape index (κ1) is 17.4. The number of nitrogens with one attached hydrogen (secondary N) is 1. The Labute approximate surface area is 139 Å². The van der Waals surface area contributed by atoms with Crippen molar-refractivity contribution < 1.29 is 8.42 Å². The molecule has 0 saturated carbocycles. The van der Waals surface area contributed by atoms with Crippen molar-refractivity contribution in [2.75, 3.05) is 26.2 Å². The van der Waals surface area contributed by atoms with E-state index in [1.54, 1.807) is 6.07 Å². The molecule has 5 nitrogen and oxygen atoms in total. The zero-order valence-corrected chi connectivity index (χ0v) is 15.4. The Morgan fingerprint density at radius 1 is 1.48 bits per heavy atom. The molecule has 2 rings (SSSR count). The van der Waals surface area contributed by atoms with Crippen LogP contribution in [0.1, 0.15) is 24.6 Å². The lowest BCUT2D eigenvalue weighted by Gasteiger charge is -2.20. The second-order valence-corrected chi connectivity index (χ2v) is 9.71. The summed E-state index contributed by atoms with van der Waals surface area (Å²) in [6.07, 6.45) is 2.50. The molecule has 0 radical (unpaired) electrons. The molecule has 1 aliphatic rings. The van der Waals surface area contributed by atoms with E-state index < -0.39 is 10.0 Å². The number of hydrogen-bond donors (Lipinski definition) is 2. The highest BCUT2D eigenvalue weighted by molar-refractivity contribution is 9.11. The molecule has 1 aliphatic heterocycles. The number of halogens is 1. The Bertz CT molecular complexity index is 568. The molecule has 8 heteroatoms. The first-order valence-electron chi connectivity index (χ1n) is 7.12. The summed E-state index contributed by atoms with van der Waals surface area (Å²) in [7, 11) is -3.47. The van der Waals surface area contributed by atoms with E-state index in [-0.39, 0.29) is 0 Å². The molecule has 0 bridgehead atoms. The van der Waals surface area contributed by atoms with Crippen molar-refractivity contribution in [3.8, 4) is 0 Å². The van der Waals surface area contributed by atoms with Gasteiger partial charge in [0.25, 0.3) is 0 Å². The van der Waals surface area contributed by atoms with Gasteiger partial charge >= 0.3 is 0 Å². The van der Waals surface area contributed by atoms with Crippen LogP contribution in [0.25, 0.3) is 0 Å². The fourth-order valence-electron chi connectivity index (χ4n) is 2.48. The zero-order chi connectivity index (χ0) is 15.5. The van der Waals surface area contributed by atoms with Crippen molar-refractivity contribution in [2.24, 2.45) is 11.7 Å². The van der Waals surface area contributed by atoms with Crippen LogP contribution >= 0.6 is 27.3 Å². The lowest BCUT2D eigenvalue weighted by molar-refractivity contribution is 0.288. The van der Waals surface area contributed by atoms with E-state index in [0.29, 0.717) is 27.7 Å². The van der Waals surface area contributed by atoms with Gasteiger partial charge < -0.3 is 10.6 Å². The molecular formula is C13H22BrN3O2S2. The SMILES string of the molecule is CC(CNS(=O)(=O)c1cc(CN)sc1Br)CN1CCCC1. The highest BCUT2D eigenvalue weighted by Crippen LogP contribution is 2.31. The van der Waals surface area contributed by atoms with Crippen molar-refractivity contribution >= 4 is 37.3 Å². The van der Waals surface area contributed by atoms with E-state index in [9.17, 15) is 8.42 Å². The minimum absolute atomic E-state index is 0.293. The maximum absolute atomic E-state index is 12.3. The summed E-state index contributed by atoms with van der Waals surface area (Å²) in [5, 5.41) is 0. The predicted molar refractivity (Wildman–Crippen MR) is 89.9 cm³/mol. The number of rotatable bonds is 7. The lowest BCUT2D eigenvalue weighted by atomic mass is 10.2. The highest BCUT2D eigenvalue weighted by Gasteiger charge is 2.22. The topological polar surface area (TPSA) is 75.4 Å². The number of nitrogens with two attached hydrogens (primary N) is 1. The van der Waals surface area contributed by atoms with Crippen molar-refractivity contribution in [1.29, 1.82) is 0 Å². The molecule has 1 atom stereocenters. The van der Waals surface area contributed by atoms with Crippen LogP contribution in [0.2, 0.25) is 0 Å². The number of likely N-dealkylation sites (tertiary alicyclic amines) is 1. The van der Waals surface area contributed by atoms with Crippen molar-refractivity contribution in [3.63, 3.8) is 0 Å². The Morgan fingerprint density at radius 3 is 2.71 bits per heavy atom. The van der Waals surface area contributed by atoms with Gasteiger partial charge in [-0.3, -0.25) is 0 Å². The van der Waals surface area contributed by atoms with E-state index in [1.165, 1.54) is 24.2 Å². The largest absolute Gasteiger partial charge is 0.326 e. The van der Waals surface area contributed by atoms with Gasteiger partial charge in [0.1, 0.15) is 4.90 Å². The van der Waals surface area contributed by atoms with E-state index in [1.807, 2.05) is 0 Å². The van der Waals surface area contributed by atoms with Gasteiger partial charge in [-0.15, -0.1) is 11.3 Å². The molecule has 0 aliphatic carbocycles. The molecule has 0 aromatic carbocycles. The Hall–Kier alpha value is 0.01000. The second kappa shape index (κ2) is 7.52. The van der Waals surface area contributed by atoms with Crippen LogP contribution in [0.4, 0.5) is 0 Å². The summed E-state index contributed by atoms with van der Waals surface area (Å²) >= 11 is 4.67. The van der Waals surface area contributed by atoms with E-state index >= 15 is 0 Å². The standard InChI is InChI=1S/C13H22BrN3O2S2/c1-10(9-17-4-2-3-5-17)8-16-21(18,19)12-6-11(7-15)20-13(12)14/h6,10,16H,2-5,7-9,15H2,1H3. The lowest BCUT2D eigenvalue weighted by Crippen LogP contribution is -2.34. The first-order chi connectivity index (χ1) is 9.92. The molecule has 1 unspecified atom stereocenters. The predicted octanol–water partition coefficient (Wildman–Crippen LogP) is 1.98. The number of sulfonamides is 1. The molecule has 0 amide bonds. The second-order valence-electron chi connectivity index (χ2n) is 5.52. The van der Waals surface area contributed by atoms with E-state index in [4.69, 9.17) is 5.73 Å². The van der Waals surface area contributed by atoms with Crippen LogP contribution in [-0.4, -0.2) is 39.5 Å². The van der Waals surface area contributed by atoms with Gasteiger partial charge in [0.2, 0.25) is 10.0 Å². The Balaban J connectivity index is 1.92. The molecule has 120 valence electrons. The quantitative estimate of drug-likeness (QED) is 0.739. The number of hydrogen-bond acceptors (Lipinski definition) is 5. The summed E-state index contributed by atoms with van der Waals surface area (Å²) in [4.78, 5) is 3.54. The molecule has 1 aromatic rings. The Kier molecular flexibility index (Phi) is 6.22. The van der Waals surface area contributed by atoms with Crippen molar-refractivity contribution in [2.45, 2.75) is 31.2 Å². The van der Waals surface area contributed by atoms with Gasteiger partial charge in [-0.1, -0.05) is 6.92 Å². The van der Waals surface area contributed by atoms with Crippen molar-refractivity contribution in [3.05, 3.63) is 14.7 Å². The van der Waals surface area contributed by atoms with Crippen LogP contribution in [0.3, 0.4) is 0 Å². The molecular weight excluding hydrogens is 374 g/mol. The molecule has 3 N–H and O–H groups in total. The van der Waals surface area contributed by atoms with Crippen LogP contribution in [0, 0.1) is 5.92 Å².